The van der Waals surface area contributed by atoms with Crippen molar-refractivity contribution in [2.75, 3.05) is 4.90 Å². The number of para-hydroxylation sites is 1. The molecule has 18 heavy (non-hydrogen) atoms. The van der Waals surface area contributed by atoms with E-state index in [2.05, 4.69) is 13.0 Å². The second-order valence-corrected chi connectivity index (χ2v) is 5.94. The summed E-state index contributed by atoms with van der Waals surface area (Å²) < 4.78 is 0. The lowest BCUT2D eigenvalue weighted by Gasteiger charge is -2.42. The van der Waals surface area contributed by atoms with E-state index in [1.54, 1.807) is 11.8 Å². The van der Waals surface area contributed by atoms with Crippen LogP contribution in [0.4, 0.5) is 5.69 Å². The summed E-state index contributed by atoms with van der Waals surface area (Å²) in [6, 6.07) is 7.95. The molecule has 1 aromatic carbocycles. The molecule has 0 saturated carbocycles. The van der Waals surface area contributed by atoms with Crippen LogP contribution in [0.3, 0.4) is 0 Å². The predicted molar refractivity (Wildman–Crippen MR) is 77.0 cm³/mol. The Labute approximate surface area is 113 Å². The highest BCUT2D eigenvalue weighted by Crippen LogP contribution is 2.39. The van der Waals surface area contributed by atoms with E-state index in [9.17, 15) is 4.79 Å². The van der Waals surface area contributed by atoms with Gasteiger partial charge in [-0.2, -0.15) is 0 Å². The topological polar surface area (TPSA) is 20.3 Å². The molecule has 0 N–H and O–H groups in total. The van der Waals surface area contributed by atoms with Gasteiger partial charge in [0, 0.05) is 5.56 Å². The van der Waals surface area contributed by atoms with Crippen LogP contribution in [0.2, 0.25) is 0 Å². The Bertz CT molecular complexity index is 517. The van der Waals surface area contributed by atoms with Gasteiger partial charge in [-0.15, -0.1) is 11.6 Å². The van der Waals surface area contributed by atoms with E-state index >= 15 is 0 Å². The zero-order chi connectivity index (χ0) is 13.5. The van der Waals surface area contributed by atoms with E-state index in [0.717, 1.165) is 11.3 Å². The Morgan fingerprint density at radius 1 is 1.33 bits per heavy atom. The molecule has 2 nitrogen and oxygen atoms in total. The molecular formula is C15H18ClNO. The molecule has 96 valence electrons. The molecule has 1 heterocycles. The summed E-state index contributed by atoms with van der Waals surface area (Å²) in [5.41, 5.74) is 2.89. The molecule has 1 amide bonds. The van der Waals surface area contributed by atoms with Gasteiger partial charge in [0.2, 0.25) is 5.91 Å². The van der Waals surface area contributed by atoms with Crippen molar-refractivity contribution in [3.05, 3.63) is 35.9 Å². The lowest BCUT2D eigenvalue weighted by Crippen LogP contribution is -2.51. The summed E-state index contributed by atoms with van der Waals surface area (Å²) in [6.45, 7) is 7.85. The lowest BCUT2D eigenvalue weighted by atomic mass is 9.88. The zero-order valence-corrected chi connectivity index (χ0v) is 12.0. The molecule has 0 bridgehead atoms. The number of carbonyl (C=O) groups is 1. The number of fused-ring (bicyclic) bond motifs is 1. The maximum Gasteiger partial charge on any atom is 0.245 e. The minimum atomic E-state index is -0.524. The van der Waals surface area contributed by atoms with Crippen molar-refractivity contribution in [1.29, 1.82) is 0 Å². The van der Waals surface area contributed by atoms with Crippen molar-refractivity contribution in [2.45, 2.75) is 38.6 Å². The zero-order valence-electron chi connectivity index (χ0n) is 11.2. The van der Waals surface area contributed by atoms with E-state index < -0.39 is 5.38 Å². The number of anilines is 1. The molecule has 1 aromatic rings. The smallest absolute Gasteiger partial charge is 0.245 e. The number of allylic oxidation sites excluding steroid dienone is 1. The van der Waals surface area contributed by atoms with Gasteiger partial charge in [-0.1, -0.05) is 24.3 Å². The molecule has 1 atom stereocenters. The van der Waals surface area contributed by atoms with Gasteiger partial charge in [-0.25, -0.2) is 0 Å². The molecule has 0 unspecified atom stereocenters. The van der Waals surface area contributed by atoms with Crippen molar-refractivity contribution in [1.82, 2.24) is 0 Å². The third-order valence-electron chi connectivity index (χ3n) is 3.28. The molecule has 2 rings (SSSR count). The average molecular weight is 264 g/mol. The van der Waals surface area contributed by atoms with Gasteiger partial charge in [-0.3, -0.25) is 4.79 Å². The normalized spacial score (nSPS) is 18.9. The van der Waals surface area contributed by atoms with Gasteiger partial charge >= 0.3 is 0 Å². The van der Waals surface area contributed by atoms with Crippen molar-refractivity contribution >= 4 is 28.8 Å². The maximum absolute atomic E-state index is 12.3. The predicted octanol–water partition coefficient (Wildman–Crippen LogP) is 3.84. The molecule has 1 aliphatic heterocycles. The number of rotatable bonds is 1. The van der Waals surface area contributed by atoms with Crippen molar-refractivity contribution in [3.8, 4) is 0 Å². The van der Waals surface area contributed by atoms with Crippen LogP contribution in [0.1, 0.15) is 33.3 Å². The first-order chi connectivity index (χ1) is 8.34. The summed E-state index contributed by atoms with van der Waals surface area (Å²) in [4.78, 5) is 14.1. The van der Waals surface area contributed by atoms with Crippen LogP contribution in [-0.4, -0.2) is 16.8 Å². The van der Waals surface area contributed by atoms with E-state index in [1.807, 2.05) is 38.1 Å². The highest BCUT2D eigenvalue weighted by molar-refractivity contribution is 6.33. The Kier molecular flexibility index (Phi) is 3.24. The minimum absolute atomic E-state index is 0.0575. The summed E-state index contributed by atoms with van der Waals surface area (Å²) in [6.07, 6.45) is 2.12. The molecule has 1 aliphatic rings. The van der Waals surface area contributed by atoms with Crippen LogP contribution in [0.25, 0.3) is 5.57 Å². The SMILES string of the molecule is CC1=CC(C)(C)N(C(=O)[C@H](C)Cl)c2ccccc21. The van der Waals surface area contributed by atoms with E-state index in [4.69, 9.17) is 11.6 Å². The number of nitrogens with zero attached hydrogens (tertiary/aromatic N) is 1. The third-order valence-corrected chi connectivity index (χ3v) is 3.46. The summed E-state index contributed by atoms with van der Waals surface area (Å²) >= 11 is 5.98. The molecule has 0 aromatic heterocycles. The second kappa shape index (κ2) is 4.43. The summed E-state index contributed by atoms with van der Waals surface area (Å²) in [7, 11) is 0. The van der Waals surface area contributed by atoms with Crippen molar-refractivity contribution in [3.63, 3.8) is 0 Å². The fourth-order valence-corrected chi connectivity index (χ4v) is 2.66. The highest BCUT2D eigenvalue weighted by Gasteiger charge is 2.36. The van der Waals surface area contributed by atoms with Crippen LogP contribution in [0, 0.1) is 0 Å². The number of carbonyl (C=O) groups excluding carboxylic acids is 1. The molecule has 0 aliphatic carbocycles. The van der Waals surface area contributed by atoms with Gasteiger partial charge < -0.3 is 4.90 Å². The summed E-state index contributed by atoms with van der Waals surface area (Å²) in [5.74, 6) is -0.0575. The number of hydrogen-bond donors (Lipinski definition) is 0. The van der Waals surface area contributed by atoms with Gasteiger partial charge in [0.05, 0.1) is 11.2 Å². The Balaban J connectivity index is 2.61. The molecule has 0 saturated heterocycles. The fraction of sp³-hybridized carbons (Fsp3) is 0.400. The number of amides is 1. The molecule has 0 fully saturated rings. The second-order valence-electron chi connectivity index (χ2n) is 5.29. The van der Waals surface area contributed by atoms with Crippen LogP contribution in [0.5, 0.6) is 0 Å². The number of alkyl halides is 1. The molecule has 0 spiro atoms. The van der Waals surface area contributed by atoms with Crippen LogP contribution >= 0.6 is 11.6 Å². The van der Waals surface area contributed by atoms with Crippen LogP contribution < -0.4 is 4.90 Å². The Morgan fingerprint density at radius 3 is 2.56 bits per heavy atom. The maximum atomic E-state index is 12.3. The average Bonchev–Trinajstić information content (AvgIpc) is 2.27. The van der Waals surface area contributed by atoms with Gasteiger partial charge in [-0.05, 0) is 39.3 Å². The third kappa shape index (κ3) is 2.05. The molecule has 3 heteroatoms. The highest BCUT2D eigenvalue weighted by atomic mass is 35.5. The van der Waals surface area contributed by atoms with Crippen molar-refractivity contribution < 1.29 is 4.79 Å². The number of halogens is 1. The Morgan fingerprint density at radius 2 is 1.94 bits per heavy atom. The first-order valence-electron chi connectivity index (χ1n) is 6.11. The quantitative estimate of drug-likeness (QED) is 0.705. The van der Waals surface area contributed by atoms with Gasteiger partial charge in [0.25, 0.3) is 0 Å². The Hall–Kier alpha value is -1.28. The monoisotopic (exact) mass is 263 g/mol. The van der Waals surface area contributed by atoms with E-state index in [-0.39, 0.29) is 11.4 Å². The first kappa shape index (κ1) is 13.2. The van der Waals surface area contributed by atoms with Crippen LogP contribution in [0.15, 0.2) is 30.3 Å². The van der Waals surface area contributed by atoms with Gasteiger partial charge in [0.15, 0.2) is 0 Å². The fourth-order valence-electron chi connectivity index (χ4n) is 2.57. The van der Waals surface area contributed by atoms with Gasteiger partial charge in [0.1, 0.15) is 5.38 Å². The minimum Gasteiger partial charge on any atom is -0.301 e. The standard InChI is InChI=1S/C15H18ClNO/c1-10-9-15(3,4)17(14(18)11(2)16)13-8-6-5-7-12(10)13/h5-9,11H,1-4H3/t11-/m0/s1. The van der Waals surface area contributed by atoms with E-state index in [0.29, 0.717) is 0 Å². The molecular weight excluding hydrogens is 246 g/mol. The van der Waals surface area contributed by atoms with E-state index in [1.165, 1.54) is 5.57 Å². The number of hydrogen-bond acceptors (Lipinski definition) is 1. The first-order valence-corrected chi connectivity index (χ1v) is 6.55. The largest absolute Gasteiger partial charge is 0.301 e. The summed E-state index contributed by atoms with van der Waals surface area (Å²) in [5, 5.41) is -0.524. The van der Waals surface area contributed by atoms with Crippen molar-refractivity contribution in [2.24, 2.45) is 0 Å². The molecule has 0 radical (unpaired) electrons. The number of benzene rings is 1. The van der Waals surface area contributed by atoms with Crippen LogP contribution in [-0.2, 0) is 4.79 Å². The lowest BCUT2D eigenvalue weighted by molar-refractivity contribution is -0.118.